The highest BCUT2D eigenvalue weighted by Crippen LogP contribution is 2.26. The number of benzene rings is 3. The number of nitrogens with zero attached hydrogens (tertiary/aromatic N) is 2. The summed E-state index contributed by atoms with van der Waals surface area (Å²) in [7, 11) is 1.60. The van der Waals surface area contributed by atoms with Crippen molar-refractivity contribution in [2.75, 3.05) is 20.2 Å². The smallest absolute Gasteiger partial charge is 0.262 e. The Labute approximate surface area is 199 Å². The van der Waals surface area contributed by atoms with Gasteiger partial charge in [-0.25, -0.2) is 0 Å². The van der Waals surface area contributed by atoms with Gasteiger partial charge in [0.05, 0.1) is 18.4 Å². The van der Waals surface area contributed by atoms with E-state index in [0.29, 0.717) is 33.7 Å². The molecule has 1 amide bonds. The van der Waals surface area contributed by atoms with Gasteiger partial charge in [-0.2, -0.15) is 0 Å². The number of methoxy groups -OCH3 is 1. The van der Waals surface area contributed by atoms with Gasteiger partial charge in [-0.3, -0.25) is 14.2 Å². The molecule has 3 aromatic carbocycles. The van der Waals surface area contributed by atoms with Crippen molar-refractivity contribution < 1.29 is 9.53 Å². The molecule has 1 saturated heterocycles. The summed E-state index contributed by atoms with van der Waals surface area (Å²) in [4.78, 5) is 28.9. The van der Waals surface area contributed by atoms with Crippen LogP contribution in [0.1, 0.15) is 28.8 Å². The molecule has 1 aliphatic heterocycles. The van der Waals surface area contributed by atoms with Crippen LogP contribution in [0.5, 0.6) is 5.75 Å². The molecule has 0 bridgehead atoms. The maximum absolute atomic E-state index is 13.7. The number of piperidine rings is 1. The maximum atomic E-state index is 13.7. The monoisotopic (exact) mass is 452 g/mol. The first-order valence-electron chi connectivity index (χ1n) is 11.8. The third-order valence-corrected chi connectivity index (χ3v) is 6.76. The minimum absolute atomic E-state index is 0.0222. The number of hydrogen-bond acceptors (Lipinski definition) is 3. The van der Waals surface area contributed by atoms with E-state index in [-0.39, 0.29) is 11.5 Å². The first-order chi connectivity index (χ1) is 16.6. The zero-order valence-electron chi connectivity index (χ0n) is 19.3. The Morgan fingerprint density at radius 1 is 0.912 bits per heavy atom. The summed E-state index contributed by atoms with van der Waals surface area (Å²) in [6.07, 6.45) is 4.70. The van der Waals surface area contributed by atoms with Crippen molar-refractivity contribution in [1.29, 1.82) is 0 Å². The standard InChI is InChI=1S/C29H28N2O3/c1-34-24-11-7-10-23(19-24)31-20-27(25-12-5-6-13-26(25)29(31)33)28(32)30-16-14-22(15-17-30)18-21-8-3-2-4-9-21/h2-13,19-20,22H,14-18H2,1H3. The molecule has 5 rings (SSSR count). The average molecular weight is 453 g/mol. The fourth-order valence-electron chi connectivity index (χ4n) is 4.87. The van der Waals surface area contributed by atoms with E-state index in [0.717, 1.165) is 32.4 Å². The van der Waals surface area contributed by atoms with Crippen LogP contribution in [0.3, 0.4) is 0 Å². The third kappa shape index (κ3) is 4.34. The van der Waals surface area contributed by atoms with E-state index in [9.17, 15) is 9.59 Å². The molecule has 0 spiro atoms. The van der Waals surface area contributed by atoms with Crippen LogP contribution in [0.15, 0.2) is 89.9 Å². The van der Waals surface area contributed by atoms with E-state index in [1.807, 2.05) is 47.4 Å². The second-order valence-electron chi connectivity index (χ2n) is 8.89. The summed E-state index contributed by atoms with van der Waals surface area (Å²) in [5, 5.41) is 1.23. The largest absolute Gasteiger partial charge is 0.497 e. The molecule has 172 valence electrons. The van der Waals surface area contributed by atoms with Crippen molar-refractivity contribution in [3.05, 3.63) is 107 Å². The summed E-state index contributed by atoms with van der Waals surface area (Å²) in [5.41, 5.74) is 2.43. The van der Waals surface area contributed by atoms with Crippen LogP contribution in [-0.4, -0.2) is 35.6 Å². The topological polar surface area (TPSA) is 51.5 Å². The lowest BCUT2D eigenvalue weighted by Gasteiger charge is -2.32. The Hall–Kier alpha value is -3.86. The third-order valence-electron chi connectivity index (χ3n) is 6.76. The number of hydrogen-bond donors (Lipinski definition) is 0. The van der Waals surface area contributed by atoms with Crippen molar-refractivity contribution in [3.8, 4) is 11.4 Å². The molecule has 0 atom stereocenters. The molecule has 1 aromatic heterocycles. The highest BCUT2D eigenvalue weighted by atomic mass is 16.5. The molecule has 1 fully saturated rings. The number of carbonyl (C=O) groups excluding carboxylic acids is 1. The molecule has 0 radical (unpaired) electrons. The number of aromatic nitrogens is 1. The Balaban J connectivity index is 1.44. The molecule has 34 heavy (non-hydrogen) atoms. The first kappa shape index (κ1) is 22.0. The van der Waals surface area contributed by atoms with Crippen molar-refractivity contribution >= 4 is 16.7 Å². The van der Waals surface area contributed by atoms with Gasteiger partial charge >= 0.3 is 0 Å². The minimum Gasteiger partial charge on any atom is -0.497 e. The lowest BCUT2D eigenvalue weighted by atomic mass is 9.90. The molecular weight excluding hydrogens is 424 g/mol. The molecule has 1 aliphatic rings. The quantitative estimate of drug-likeness (QED) is 0.424. The molecule has 4 aromatic rings. The lowest BCUT2D eigenvalue weighted by Crippen LogP contribution is -2.39. The summed E-state index contributed by atoms with van der Waals surface area (Å²) in [5.74, 6) is 1.21. The normalized spacial score (nSPS) is 14.3. The second kappa shape index (κ2) is 9.56. The molecule has 0 saturated carbocycles. The van der Waals surface area contributed by atoms with E-state index in [2.05, 4.69) is 24.3 Å². The van der Waals surface area contributed by atoms with Gasteiger partial charge in [0.15, 0.2) is 0 Å². The number of amides is 1. The van der Waals surface area contributed by atoms with Gasteiger partial charge in [0.2, 0.25) is 0 Å². The molecule has 5 nitrogen and oxygen atoms in total. The zero-order valence-corrected chi connectivity index (χ0v) is 19.3. The van der Waals surface area contributed by atoms with Crippen LogP contribution < -0.4 is 10.3 Å². The van der Waals surface area contributed by atoms with Crippen LogP contribution in [0.25, 0.3) is 16.5 Å². The van der Waals surface area contributed by atoms with Gasteiger partial charge in [0, 0.05) is 36.1 Å². The van der Waals surface area contributed by atoms with Crippen molar-refractivity contribution in [2.24, 2.45) is 5.92 Å². The summed E-state index contributed by atoms with van der Waals surface area (Å²) in [6.45, 7) is 1.45. The highest BCUT2D eigenvalue weighted by Gasteiger charge is 2.26. The van der Waals surface area contributed by atoms with Gasteiger partial charge in [0.1, 0.15) is 5.75 Å². The number of likely N-dealkylation sites (tertiary alicyclic amines) is 1. The molecule has 5 heteroatoms. The highest BCUT2D eigenvalue weighted by molar-refractivity contribution is 6.06. The zero-order chi connectivity index (χ0) is 23.5. The lowest BCUT2D eigenvalue weighted by molar-refractivity contribution is 0.0692. The molecule has 0 unspecified atom stereocenters. The van der Waals surface area contributed by atoms with E-state index < -0.39 is 0 Å². The summed E-state index contributed by atoms with van der Waals surface area (Å²) >= 11 is 0. The predicted molar refractivity (Wildman–Crippen MR) is 135 cm³/mol. The Bertz CT molecular complexity index is 1370. The number of carbonyl (C=O) groups is 1. The van der Waals surface area contributed by atoms with Gasteiger partial charge in [0.25, 0.3) is 11.5 Å². The minimum atomic E-state index is -0.151. The number of rotatable bonds is 5. The van der Waals surface area contributed by atoms with Crippen molar-refractivity contribution in [1.82, 2.24) is 9.47 Å². The summed E-state index contributed by atoms with van der Waals surface area (Å²) < 4.78 is 6.89. The number of pyridine rings is 1. The van der Waals surface area contributed by atoms with Crippen LogP contribution in [0.2, 0.25) is 0 Å². The van der Waals surface area contributed by atoms with Crippen LogP contribution >= 0.6 is 0 Å². The van der Waals surface area contributed by atoms with Gasteiger partial charge in [-0.05, 0) is 48.9 Å². The van der Waals surface area contributed by atoms with Gasteiger partial charge in [-0.1, -0.05) is 54.6 Å². The van der Waals surface area contributed by atoms with Crippen LogP contribution in [0, 0.1) is 5.92 Å². The average Bonchev–Trinajstić information content (AvgIpc) is 2.90. The van der Waals surface area contributed by atoms with Crippen molar-refractivity contribution in [2.45, 2.75) is 19.3 Å². The maximum Gasteiger partial charge on any atom is 0.262 e. The number of ether oxygens (including phenoxy) is 1. The molecular formula is C29H28N2O3. The fraction of sp³-hybridized carbons (Fsp3) is 0.241. The Kier molecular flexibility index (Phi) is 6.17. The first-order valence-corrected chi connectivity index (χ1v) is 11.8. The Morgan fingerprint density at radius 2 is 1.62 bits per heavy atom. The van der Waals surface area contributed by atoms with Crippen LogP contribution in [0.4, 0.5) is 0 Å². The van der Waals surface area contributed by atoms with Crippen molar-refractivity contribution in [3.63, 3.8) is 0 Å². The Morgan fingerprint density at radius 3 is 2.35 bits per heavy atom. The van der Waals surface area contributed by atoms with Gasteiger partial charge in [-0.15, -0.1) is 0 Å². The molecule has 0 N–H and O–H groups in total. The predicted octanol–water partition coefficient (Wildman–Crippen LogP) is 5.09. The SMILES string of the molecule is COc1cccc(-n2cc(C(=O)N3CCC(Cc4ccccc4)CC3)c3ccccc3c2=O)c1. The van der Waals surface area contributed by atoms with Crippen LogP contribution in [-0.2, 0) is 6.42 Å². The molecule has 0 aliphatic carbocycles. The van der Waals surface area contributed by atoms with E-state index in [1.54, 1.807) is 30.0 Å². The van der Waals surface area contributed by atoms with E-state index in [4.69, 9.17) is 4.74 Å². The van der Waals surface area contributed by atoms with E-state index in [1.165, 1.54) is 5.56 Å². The van der Waals surface area contributed by atoms with E-state index >= 15 is 0 Å². The summed E-state index contributed by atoms with van der Waals surface area (Å²) in [6, 6.07) is 25.2. The fourth-order valence-corrected chi connectivity index (χ4v) is 4.87. The van der Waals surface area contributed by atoms with Gasteiger partial charge < -0.3 is 9.64 Å². The second-order valence-corrected chi connectivity index (χ2v) is 8.89. The number of fused-ring (bicyclic) bond motifs is 1. The molecule has 2 heterocycles.